The largest absolute Gasteiger partial charge is 0.103 e. The highest BCUT2D eigenvalue weighted by molar-refractivity contribution is 4.68. The van der Waals surface area contributed by atoms with Crippen LogP contribution in [0.3, 0.4) is 0 Å². The quantitative estimate of drug-likeness (QED) is 0.444. The van der Waals surface area contributed by atoms with Crippen LogP contribution >= 0.6 is 0 Å². The molecular formula is C15H30. The Balaban J connectivity index is 3.47. The molecule has 3 atom stereocenters. The molecule has 0 heteroatoms. The molecule has 0 heterocycles. The maximum Gasteiger partial charge on any atom is -0.0351 e. The molecular weight excluding hydrogens is 180 g/mol. The van der Waals surface area contributed by atoms with E-state index in [1.807, 2.05) is 6.08 Å². The summed E-state index contributed by atoms with van der Waals surface area (Å²) in [6, 6.07) is 0. The molecule has 0 rings (SSSR count). The van der Waals surface area contributed by atoms with E-state index in [0.29, 0.717) is 0 Å². The Morgan fingerprint density at radius 3 is 2.20 bits per heavy atom. The van der Waals surface area contributed by atoms with E-state index in [9.17, 15) is 0 Å². The van der Waals surface area contributed by atoms with Crippen LogP contribution in [0, 0.1) is 17.8 Å². The van der Waals surface area contributed by atoms with Crippen LogP contribution in [0.1, 0.15) is 66.2 Å². The fourth-order valence-electron chi connectivity index (χ4n) is 2.02. The van der Waals surface area contributed by atoms with Gasteiger partial charge >= 0.3 is 0 Å². The molecule has 15 heavy (non-hydrogen) atoms. The molecule has 0 nitrogen and oxygen atoms in total. The lowest BCUT2D eigenvalue weighted by molar-refractivity contribution is 0.331. The van der Waals surface area contributed by atoms with E-state index in [4.69, 9.17) is 0 Å². The summed E-state index contributed by atoms with van der Waals surface area (Å²) in [6.07, 6.45) is 10.1. The number of hydrogen-bond donors (Lipinski definition) is 0. The van der Waals surface area contributed by atoms with Gasteiger partial charge in [0.1, 0.15) is 0 Å². The summed E-state index contributed by atoms with van der Waals surface area (Å²) >= 11 is 0. The average Bonchev–Trinajstić information content (AvgIpc) is 2.24. The van der Waals surface area contributed by atoms with Crippen molar-refractivity contribution in [3.8, 4) is 0 Å². The first kappa shape index (κ1) is 14.7. The van der Waals surface area contributed by atoms with Crippen LogP contribution in [0.15, 0.2) is 12.7 Å². The highest BCUT2D eigenvalue weighted by atomic mass is 14.2. The van der Waals surface area contributed by atoms with Crippen LogP contribution < -0.4 is 0 Å². The summed E-state index contributed by atoms with van der Waals surface area (Å²) in [5.41, 5.74) is 0. The Morgan fingerprint density at radius 1 is 1.00 bits per heavy atom. The van der Waals surface area contributed by atoms with E-state index in [2.05, 4.69) is 34.3 Å². The van der Waals surface area contributed by atoms with Gasteiger partial charge in [-0.1, -0.05) is 59.5 Å². The molecule has 90 valence electrons. The summed E-state index contributed by atoms with van der Waals surface area (Å²) in [5, 5.41) is 0. The zero-order chi connectivity index (χ0) is 11.7. The van der Waals surface area contributed by atoms with Crippen LogP contribution in [-0.2, 0) is 0 Å². The zero-order valence-electron chi connectivity index (χ0n) is 11.3. The first-order valence-corrected chi connectivity index (χ1v) is 6.72. The number of rotatable bonds is 9. The summed E-state index contributed by atoms with van der Waals surface area (Å²) < 4.78 is 0. The van der Waals surface area contributed by atoms with Gasteiger partial charge < -0.3 is 0 Å². The van der Waals surface area contributed by atoms with Crippen molar-refractivity contribution in [3.63, 3.8) is 0 Å². The third-order valence-electron chi connectivity index (χ3n) is 3.84. The highest BCUT2D eigenvalue weighted by Gasteiger charge is 2.10. The van der Waals surface area contributed by atoms with Crippen molar-refractivity contribution in [3.05, 3.63) is 12.7 Å². The fraction of sp³-hybridized carbons (Fsp3) is 0.867. The molecule has 0 bridgehead atoms. The van der Waals surface area contributed by atoms with Crippen molar-refractivity contribution in [2.24, 2.45) is 17.8 Å². The monoisotopic (exact) mass is 210 g/mol. The molecule has 0 aliphatic rings. The van der Waals surface area contributed by atoms with Crippen molar-refractivity contribution >= 4 is 0 Å². The van der Waals surface area contributed by atoms with E-state index < -0.39 is 0 Å². The van der Waals surface area contributed by atoms with Crippen molar-refractivity contribution in [2.45, 2.75) is 66.2 Å². The van der Waals surface area contributed by atoms with E-state index in [1.54, 1.807) is 0 Å². The molecule has 0 spiro atoms. The minimum Gasteiger partial charge on any atom is -0.103 e. The molecule has 0 saturated carbocycles. The Labute approximate surface area is 97.2 Å². The summed E-state index contributed by atoms with van der Waals surface area (Å²) in [4.78, 5) is 0. The van der Waals surface area contributed by atoms with E-state index in [0.717, 1.165) is 17.8 Å². The van der Waals surface area contributed by atoms with Gasteiger partial charge in [0.05, 0.1) is 0 Å². The third-order valence-corrected chi connectivity index (χ3v) is 3.84. The lowest BCUT2D eigenvalue weighted by atomic mass is 9.87. The van der Waals surface area contributed by atoms with Gasteiger partial charge in [-0.05, 0) is 30.6 Å². The van der Waals surface area contributed by atoms with Gasteiger partial charge in [-0.3, -0.25) is 0 Å². The lowest BCUT2D eigenvalue weighted by Gasteiger charge is -2.19. The fourth-order valence-corrected chi connectivity index (χ4v) is 2.02. The second kappa shape index (κ2) is 9.00. The average molecular weight is 210 g/mol. The van der Waals surface area contributed by atoms with Crippen LogP contribution in [0.5, 0.6) is 0 Å². The Kier molecular flexibility index (Phi) is 8.85. The molecule has 0 amide bonds. The van der Waals surface area contributed by atoms with Crippen LogP contribution in [0.4, 0.5) is 0 Å². The smallest absolute Gasteiger partial charge is 0.0351 e. The first-order valence-electron chi connectivity index (χ1n) is 6.72. The molecule has 0 aliphatic carbocycles. The number of hydrogen-bond acceptors (Lipinski definition) is 0. The molecule has 0 aromatic carbocycles. The van der Waals surface area contributed by atoms with Gasteiger partial charge in [-0.15, -0.1) is 6.58 Å². The summed E-state index contributed by atoms with van der Waals surface area (Å²) in [6.45, 7) is 13.2. The second-order valence-corrected chi connectivity index (χ2v) is 5.26. The minimum atomic E-state index is 0.882. The second-order valence-electron chi connectivity index (χ2n) is 5.26. The topological polar surface area (TPSA) is 0 Å². The molecule has 3 unspecified atom stereocenters. The number of allylic oxidation sites excluding steroid dienone is 1. The van der Waals surface area contributed by atoms with E-state index in [-0.39, 0.29) is 0 Å². The maximum absolute atomic E-state index is 3.78. The highest BCUT2D eigenvalue weighted by Crippen LogP contribution is 2.22. The standard InChI is InChI=1S/C15H30/c1-6-8-10-13(3)11-9-12-15(5)14(4)7-2/h6,13-15H,1,7-12H2,2-5H3. The zero-order valence-corrected chi connectivity index (χ0v) is 11.3. The van der Waals surface area contributed by atoms with Gasteiger partial charge in [-0.25, -0.2) is 0 Å². The van der Waals surface area contributed by atoms with E-state index >= 15 is 0 Å². The Hall–Kier alpha value is -0.260. The molecule has 0 saturated heterocycles. The third kappa shape index (κ3) is 7.64. The Morgan fingerprint density at radius 2 is 1.67 bits per heavy atom. The molecule has 0 aromatic rings. The van der Waals surface area contributed by atoms with Crippen LogP contribution in [0.25, 0.3) is 0 Å². The molecule has 0 fully saturated rings. The van der Waals surface area contributed by atoms with Crippen molar-refractivity contribution in [1.29, 1.82) is 0 Å². The molecule has 0 aromatic heterocycles. The van der Waals surface area contributed by atoms with E-state index in [1.165, 1.54) is 38.5 Å². The van der Waals surface area contributed by atoms with Gasteiger partial charge in [0.25, 0.3) is 0 Å². The Bertz CT molecular complexity index is 148. The van der Waals surface area contributed by atoms with Crippen molar-refractivity contribution < 1.29 is 0 Å². The van der Waals surface area contributed by atoms with Crippen LogP contribution in [0.2, 0.25) is 0 Å². The summed E-state index contributed by atoms with van der Waals surface area (Å²) in [7, 11) is 0. The normalized spacial score (nSPS) is 17.1. The van der Waals surface area contributed by atoms with Gasteiger partial charge in [-0.2, -0.15) is 0 Å². The predicted octanol–water partition coefficient (Wildman–Crippen LogP) is 5.44. The minimum absolute atomic E-state index is 0.882. The SMILES string of the molecule is C=CCCC(C)CCCC(C)C(C)CC. The molecule has 0 radical (unpaired) electrons. The molecule has 0 aliphatic heterocycles. The van der Waals surface area contributed by atoms with Crippen molar-refractivity contribution in [2.75, 3.05) is 0 Å². The first-order chi connectivity index (χ1) is 7.11. The maximum atomic E-state index is 3.78. The predicted molar refractivity (Wildman–Crippen MR) is 71.1 cm³/mol. The summed E-state index contributed by atoms with van der Waals surface area (Å²) in [5.74, 6) is 2.68. The lowest BCUT2D eigenvalue weighted by Crippen LogP contribution is -2.07. The molecule has 0 N–H and O–H groups in total. The van der Waals surface area contributed by atoms with Crippen molar-refractivity contribution in [1.82, 2.24) is 0 Å². The van der Waals surface area contributed by atoms with Gasteiger partial charge in [0.15, 0.2) is 0 Å². The van der Waals surface area contributed by atoms with Crippen LogP contribution in [-0.4, -0.2) is 0 Å². The van der Waals surface area contributed by atoms with Gasteiger partial charge in [0.2, 0.25) is 0 Å². The van der Waals surface area contributed by atoms with Gasteiger partial charge in [0, 0.05) is 0 Å².